The largest absolute Gasteiger partial charge is 0.497 e. The first-order valence-electron chi connectivity index (χ1n) is 5.88. The molecular weight excluding hydrogens is 214 g/mol. The molecule has 0 amide bonds. The highest BCUT2D eigenvalue weighted by molar-refractivity contribution is 5.86. The lowest BCUT2D eigenvalue weighted by molar-refractivity contribution is 0.289. The summed E-state index contributed by atoms with van der Waals surface area (Å²) >= 11 is 0. The number of hydrogen-bond acceptors (Lipinski definition) is 4. The van der Waals surface area contributed by atoms with E-state index in [-0.39, 0.29) is 0 Å². The molecule has 0 saturated heterocycles. The molecule has 1 heterocycles. The summed E-state index contributed by atoms with van der Waals surface area (Å²) in [5, 5.41) is 6.53. The lowest BCUT2D eigenvalue weighted by atomic mass is 10.0. The lowest BCUT2D eigenvalue weighted by Crippen LogP contribution is -2.14. The molecular formula is C13H19N3O. The molecule has 0 aliphatic carbocycles. The first kappa shape index (κ1) is 11.9. The van der Waals surface area contributed by atoms with Gasteiger partial charge in [0.25, 0.3) is 0 Å². The van der Waals surface area contributed by atoms with Crippen LogP contribution in [0.3, 0.4) is 0 Å². The molecule has 0 fully saturated rings. The Bertz CT molecular complexity index is 417. The maximum absolute atomic E-state index is 5.56. The van der Waals surface area contributed by atoms with E-state index in [2.05, 4.69) is 17.2 Å². The van der Waals surface area contributed by atoms with E-state index in [4.69, 9.17) is 10.5 Å². The molecule has 1 aliphatic heterocycles. The van der Waals surface area contributed by atoms with Crippen molar-refractivity contribution in [2.24, 2.45) is 10.8 Å². The maximum Gasteiger partial charge on any atom is 0.119 e. The third-order valence-electron chi connectivity index (χ3n) is 3.09. The van der Waals surface area contributed by atoms with Gasteiger partial charge in [-0.25, -0.2) is 0 Å². The van der Waals surface area contributed by atoms with E-state index in [0.29, 0.717) is 12.6 Å². The number of hydrazone groups is 1. The van der Waals surface area contributed by atoms with Crippen molar-refractivity contribution >= 4 is 5.71 Å². The smallest absolute Gasteiger partial charge is 0.119 e. The molecule has 2 rings (SSSR count). The van der Waals surface area contributed by atoms with Gasteiger partial charge in [0, 0.05) is 19.2 Å². The Labute approximate surface area is 102 Å². The van der Waals surface area contributed by atoms with Crippen LogP contribution in [0.5, 0.6) is 5.75 Å². The van der Waals surface area contributed by atoms with Crippen molar-refractivity contribution in [3.8, 4) is 5.75 Å². The average molecular weight is 233 g/mol. The van der Waals surface area contributed by atoms with Gasteiger partial charge in [0.1, 0.15) is 5.75 Å². The second kappa shape index (κ2) is 5.19. The van der Waals surface area contributed by atoms with Crippen molar-refractivity contribution in [1.82, 2.24) is 5.01 Å². The molecule has 0 spiro atoms. The summed E-state index contributed by atoms with van der Waals surface area (Å²) in [5.41, 5.74) is 7.99. The minimum atomic E-state index is 0.312. The summed E-state index contributed by atoms with van der Waals surface area (Å²) in [6, 6.07) is 8.47. The standard InChI is InChI=1S/C13H19N3O/c1-16-13(9-11(15-16)6-7-14)10-4-3-5-12(8-10)17-2/h3-5,8,13H,6-7,9,14H2,1-2H3. The highest BCUT2D eigenvalue weighted by Gasteiger charge is 2.24. The van der Waals surface area contributed by atoms with Crippen LogP contribution in [-0.4, -0.2) is 31.4 Å². The van der Waals surface area contributed by atoms with E-state index in [1.165, 1.54) is 11.3 Å². The van der Waals surface area contributed by atoms with Gasteiger partial charge in [-0.3, -0.25) is 5.01 Å². The quantitative estimate of drug-likeness (QED) is 0.862. The fraction of sp³-hybridized carbons (Fsp3) is 0.462. The average Bonchev–Trinajstić information content (AvgIpc) is 2.71. The van der Waals surface area contributed by atoms with E-state index in [1.54, 1.807) is 7.11 Å². The van der Waals surface area contributed by atoms with Crippen molar-refractivity contribution in [2.45, 2.75) is 18.9 Å². The Morgan fingerprint density at radius 1 is 1.53 bits per heavy atom. The molecule has 1 aromatic rings. The van der Waals surface area contributed by atoms with Crippen LogP contribution in [0.4, 0.5) is 0 Å². The van der Waals surface area contributed by atoms with E-state index < -0.39 is 0 Å². The zero-order chi connectivity index (χ0) is 12.3. The normalized spacial score (nSPS) is 19.4. The topological polar surface area (TPSA) is 50.9 Å². The summed E-state index contributed by atoms with van der Waals surface area (Å²) in [5.74, 6) is 0.892. The number of nitrogens with zero attached hydrogens (tertiary/aromatic N) is 2. The number of nitrogens with two attached hydrogens (primary N) is 1. The molecule has 0 bridgehead atoms. The van der Waals surface area contributed by atoms with Crippen LogP contribution in [0.1, 0.15) is 24.4 Å². The Balaban J connectivity index is 2.13. The first-order valence-corrected chi connectivity index (χ1v) is 5.88. The van der Waals surface area contributed by atoms with Crippen molar-refractivity contribution in [3.63, 3.8) is 0 Å². The zero-order valence-corrected chi connectivity index (χ0v) is 10.4. The number of benzene rings is 1. The Morgan fingerprint density at radius 2 is 2.35 bits per heavy atom. The monoisotopic (exact) mass is 233 g/mol. The summed E-state index contributed by atoms with van der Waals surface area (Å²) in [6.45, 7) is 0.664. The lowest BCUT2D eigenvalue weighted by Gasteiger charge is -2.19. The van der Waals surface area contributed by atoms with Gasteiger partial charge in [0.15, 0.2) is 0 Å². The molecule has 92 valence electrons. The van der Waals surface area contributed by atoms with Gasteiger partial charge in [-0.05, 0) is 30.7 Å². The van der Waals surface area contributed by atoms with E-state index in [0.717, 1.165) is 18.6 Å². The van der Waals surface area contributed by atoms with E-state index in [1.807, 2.05) is 24.2 Å². The molecule has 0 radical (unpaired) electrons. The van der Waals surface area contributed by atoms with Crippen molar-refractivity contribution in [2.75, 3.05) is 20.7 Å². The van der Waals surface area contributed by atoms with Crippen LogP contribution in [0.15, 0.2) is 29.4 Å². The van der Waals surface area contributed by atoms with Crippen LogP contribution >= 0.6 is 0 Å². The predicted octanol–water partition coefficient (Wildman–Crippen LogP) is 1.78. The van der Waals surface area contributed by atoms with Gasteiger partial charge in [-0.15, -0.1) is 0 Å². The Kier molecular flexibility index (Phi) is 3.64. The molecule has 0 saturated carbocycles. The molecule has 2 N–H and O–H groups in total. The molecule has 1 aromatic carbocycles. The van der Waals surface area contributed by atoms with Gasteiger partial charge in [0.2, 0.25) is 0 Å². The molecule has 1 atom stereocenters. The zero-order valence-electron chi connectivity index (χ0n) is 10.4. The van der Waals surface area contributed by atoms with Crippen LogP contribution in [0, 0.1) is 0 Å². The summed E-state index contributed by atoms with van der Waals surface area (Å²) in [7, 11) is 3.70. The number of hydrogen-bond donors (Lipinski definition) is 1. The molecule has 1 aliphatic rings. The second-order valence-corrected chi connectivity index (χ2v) is 4.28. The third-order valence-corrected chi connectivity index (χ3v) is 3.09. The van der Waals surface area contributed by atoms with Crippen molar-refractivity contribution in [3.05, 3.63) is 29.8 Å². The van der Waals surface area contributed by atoms with Crippen LogP contribution < -0.4 is 10.5 Å². The number of ether oxygens (including phenoxy) is 1. The molecule has 1 unspecified atom stereocenters. The fourth-order valence-corrected chi connectivity index (χ4v) is 2.19. The molecule has 17 heavy (non-hydrogen) atoms. The van der Waals surface area contributed by atoms with Crippen molar-refractivity contribution in [1.29, 1.82) is 0 Å². The molecule has 0 aromatic heterocycles. The molecule has 4 heteroatoms. The molecule has 4 nitrogen and oxygen atoms in total. The Hall–Kier alpha value is -1.55. The van der Waals surface area contributed by atoms with Crippen LogP contribution in [0.2, 0.25) is 0 Å². The van der Waals surface area contributed by atoms with E-state index >= 15 is 0 Å². The fourth-order valence-electron chi connectivity index (χ4n) is 2.19. The van der Waals surface area contributed by atoms with Gasteiger partial charge in [0.05, 0.1) is 13.2 Å². The number of rotatable bonds is 4. The maximum atomic E-state index is 5.56. The minimum Gasteiger partial charge on any atom is -0.497 e. The highest BCUT2D eigenvalue weighted by atomic mass is 16.5. The number of methoxy groups -OCH3 is 1. The van der Waals surface area contributed by atoms with Gasteiger partial charge in [-0.1, -0.05) is 12.1 Å². The summed E-state index contributed by atoms with van der Waals surface area (Å²) in [6.07, 6.45) is 1.84. The summed E-state index contributed by atoms with van der Waals surface area (Å²) in [4.78, 5) is 0. The highest BCUT2D eigenvalue weighted by Crippen LogP contribution is 2.31. The van der Waals surface area contributed by atoms with Gasteiger partial charge < -0.3 is 10.5 Å². The minimum absolute atomic E-state index is 0.312. The van der Waals surface area contributed by atoms with Crippen LogP contribution in [-0.2, 0) is 0 Å². The van der Waals surface area contributed by atoms with E-state index in [9.17, 15) is 0 Å². The third kappa shape index (κ3) is 2.58. The van der Waals surface area contributed by atoms with Gasteiger partial charge >= 0.3 is 0 Å². The predicted molar refractivity (Wildman–Crippen MR) is 69.2 cm³/mol. The Morgan fingerprint density at radius 3 is 3.06 bits per heavy atom. The second-order valence-electron chi connectivity index (χ2n) is 4.28. The summed E-state index contributed by atoms with van der Waals surface area (Å²) < 4.78 is 5.25. The van der Waals surface area contributed by atoms with Crippen molar-refractivity contribution < 1.29 is 4.74 Å². The SMILES string of the molecule is COc1cccc(C2CC(CCN)=NN2C)c1. The first-order chi connectivity index (χ1) is 8.24. The van der Waals surface area contributed by atoms with Gasteiger partial charge in [-0.2, -0.15) is 5.10 Å². The van der Waals surface area contributed by atoms with Crippen LogP contribution in [0.25, 0.3) is 0 Å².